The zero-order chi connectivity index (χ0) is 19.1. The van der Waals surface area contributed by atoms with Gasteiger partial charge in [0.25, 0.3) is 5.91 Å². The van der Waals surface area contributed by atoms with E-state index >= 15 is 0 Å². The van der Waals surface area contributed by atoms with Gasteiger partial charge in [-0.3, -0.25) is 9.59 Å². The Morgan fingerprint density at radius 3 is 2.69 bits per heavy atom. The summed E-state index contributed by atoms with van der Waals surface area (Å²) in [5.74, 6) is 0.642. The second-order valence-corrected chi connectivity index (χ2v) is 5.79. The number of pyridine rings is 2. The SMILES string of the molecule is C=CCCN(C)C(=O)c1cc(-c2ccnc(NC(C)=O)c2)cnc1NC. The number of amides is 2. The summed E-state index contributed by atoms with van der Waals surface area (Å²) in [4.78, 5) is 34.1. The lowest BCUT2D eigenvalue weighted by atomic mass is 10.1. The van der Waals surface area contributed by atoms with E-state index in [1.165, 1.54) is 6.92 Å². The Labute approximate surface area is 153 Å². The minimum atomic E-state index is -0.196. The van der Waals surface area contributed by atoms with Crippen molar-refractivity contribution in [1.29, 1.82) is 0 Å². The number of rotatable bonds is 7. The third-order valence-corrected chi connectivity index (χ3v) is 3.77. The average Bonchev–Trinajstić information content (AvgIpc) is 2.64. The standard InChI is InChI=1S/C19H23N5O2/c1-5-6-9-24(4)19(26)16-10-15(12-22-18(16)20-3)14-7-8-21-17(11-14)23-13(2)25/h5,7-8,10-12H,1,6,9H2,2-4H3,(H,20,22)(H,21,23,25). The topological polar surface area (TPSA) is 87.2 Å². The van der Waals surface area contributed by atoms with E-state index in [0.717, 1.165) is 11.1 Å². The van der Waals surface area contributed by atoms with Crippen LogP contribution < -0.4 is 10.6 Å². The number of hydrogen-bond acceptors (Lipinski definition) is 5. The summed E-state index contributed by atoms with van der Waals surface area (Å²) in [6, 6.07) is 5.34. The first-order chi connectivity index (χ1) is 12.5. The fourth-order valence-electron chi connectivity index (χ4n) is 2.44. The second-order valence-electron chi connectivity index (χ2n) is 5.79. The molecule has 0 aliphatic rings. The van der Waals surface area contributed by atoms with Gasteiger partial charge in [-0.1, -0.05) is 6.08 Å². The lowest BCUT2D eigenvalue weighted by Crippen LogP contribution is -2.28. The molecule has 0 fully saturated rings. The van der Waals surface area contributed by atoms with Crippen molar-refractivity contribution in [2.75, 3.05) is 31.3 Å². The summed E-state index contributed by atoms with van der Waals surface area (Å²) in [5, 5.41) is 5.60. The number of carbonyl (C=O) groups is 2. The highest BCUT2D eigenvalue weighted by molar-refractivity contribution is 5.99. The number of nitrogens with one attached hydrogen (secondary N) is 2. The minimum absolute atomic E-state index is 0.123. The van der Waals surface area contributed by atoms with Crippen LogP contribution in [-0.2, 0) is 4.79 Å². The zero-order valence-corrected chi connectivity index (χ0v) is 15.2. The van der Waals surface area contributed by atoms with E-state index in [1.807, 2.05) is 0 Å². The minimum Gasteiger partial charge on any atom is -0.372 e. The first-order valence-corrected chi connectivity index (χ1v) is 8.24. The molecule has 0 unspecified atom stereocenters. The first kappa shape index (κ1) is 19.1. The Bertz CT molecular complexity index is 819. The van der Waals surface area contributed by atoms with Gasteiger partial charge in [0.1, 0.15) is 11.6 Å². The molecule has 0 aliphatic carbocycles. The van der Waals surface area contributed by atoms with E-state index in [1.54, 1.807) is 55.7 Å². The van der Waals surface area contributed by atoms with Crippen molar-refractivity contribution in [2.45, 2.75) is 13.3 Å². The largest absolute Gasteiger partial charge is 0.372 e. The van der Waals surface area contributed by atoms with Crippen molar-refractivity contribution in [3.63, 3.8) is 0 Å². The van der Waals surface area contributed by atoms with Gasteiger partial charge < -0.3 is 15.5 Å². The van der Waals surface area contributed by atoms with Gasteiger partial charge >= 0.3 is 0 Å². The van der Waals surface area contributed by atoms with Crippen LogP contribution >= 0.6 is 0 Å². The molecule has 0 saturated heterocycles. The number of anilines is 2. The highest BCUT2D eigenvalue weighted by atomic mass is 16.2. The maximum Gasteiger partial charge on any atom is 0.257 e. The van der Waals surface area contributed by atoms with Gasteiger partial charge in [-0.15, -0.1) is 6.58 Å². The summed E-state index contributed by atoms with van der Waals surface area (Å²) < 4.78 is 0. The van der Waals surface area contributed by atoms with E-state index in [2.05, 4.69) is 27.2 Å². The molecule has 0 radical (unpaired) electrons. The number of aromatic nitrogens is 2. The Balaban J connectivity index is 2.38. The number of nitrogens with zero attached hydrogens (tertiary/aromatic N) is 3. The van der Waals surface area contributed by atoms with Crippen molar-refractivity contribution < 1.29 is 9.59 Å². The Kier molecular flexibility index (Phi) is 6.43. The monoisotopic (exact) mass is 353 g/mol. The third kappa shape index (κ3) is 4.66. The fourth-order valence-corrected chi connectivity index (χ4v) is 2.44. The quantitative estimate of drug-likeness (QED) is 0.748. The molecule has 2 rings (SSSR count). The van der Waals surface area contributed by atoms with Crippen LogP contribution in [-0.4, -0.2) is 47.3 Å². The van der Waals surface area contributed by atoms with Crippen LogP contribution in [0.4, 0.5) is 11.6 Å². The predicted molar refractivity (Wildman–Crippen MR) is 103 cm³/mol. The van der Waals surface area contributed by atoms with Gasteiger partial charge in [0.2, 0.25) is 5.91 Å². The Morgan fingerprint density at radius 1 is 1.27 bits per heavy atom. The molecule has 0 saturated carbocycles. The molecule has 0 aromatic carbocycles. The third-order valence-electron chi connectivity index (χ3n) is 3.77. The van der Waals surface area contributed by atoms with Crippen molar-refractivity contribution in [3.8, 4) is 11.1 Å². The van der Waals surface area contributed by atoms with Crippen LogP contribution in [0.3, 0.4) is 0 Å². The summed E-state index contributed by atoms with van der Waals surface area (Å²) in [7, 11) is 3.48. The Morgan fingerprint density at radius 2 is 2.04 bits per heavy atom. The van der Waals surface area contributed by atoms with E-state index < -0.39 is 0 Å². The van der Waals surface area contributed by atoms with Crippen LogP contribution in [0.5, 0.6) is 0 Å². The Hall–Kier alpha value is -3.22. The van der Waals surface area contributed by atoms with E-state index in [-0.39, 0.29) is 11.8 Å². The van der Waals surface area contributed by atoms with Crippen molar-refractivity contribution in [3.05, 3.63) is 48.8 Å². The number of hydrogen-bond donors (Lipinski definition) is 2. The van der Waals surface area contributed by atoms with Gasteiger partial charge in [0, 0.05) is 45.5 Å². The lowest BCUT2D eigenvalue weighted by Gasteiger charge is -2.18. The summed E-state index contributed by atoms with van der Waals surface area (Å²) in [5.41, 5.74) is 2.05. The van der Waals surface area contributed by atoms with Crippen LogP contribution in [0.15, 0.2) is 43.2 Å². The molecule has 7 nitrogen and oxygen atoms in total. The molecule has 26 heavy (non-hydrogen) atoms. The maximum atomic E-state index is 12.8. The second kappa shape index (κ2) is 8.75. The first-order valence-electron chi connectivity index (χ1n) is 8.24. The zero-order valence-electron chi connectivity index (χ0n) is 15.2. The van der Waals surface area contributed by atoms with Crippen molar-refractivity contribution >= 4 is 23.5 Å². The number of carbonyl (C=O) groups excluding carboxylic acids is 2. The molecule has 0 aliphatic heterocycles. The molecule has 136 valence electrons. The van der Waals surface area contributed by atoms with E-state index in [0.29, 0.717) is 30.2 Å². The molecule has 0 bridgehead atoms. The molecule has 2 N–H and O–H groups in total. The van der Waals surface area contributed by atoms with Crippen LogP contribution in [0.1, 0.15) is 23.7 Å². The highest BCUT2D eigenvalue weighted by Crippen LogP contribution is 2.25. The molecule has 7 heteroatoms. The average molecular weight is 353 g/mol. The molecular formula is C19H23N5O2. The van der Waals surface area contributed by atoms with Crippen LogP contribution in [0, 0.1) is 0 Å². The maximum absolute atomic E-state index is 12.8. The van der Waals surface area contributed by atoms with Crippen molar-refractivity contribution in [2.24, 2.45) is 0 Å². The van der Waals surface area contributed by atoms with Gasteiger partial charge in [0.15, 0.2) is 0 Å². The van der Waals surface area contributed by atoms with E-state index in [9.17, 15) is 9.59 Å². The van der Waals surface area contributed by atoms with Crippen molar-refractivity contribution in [1.82, 2.24) is 14.9 Å². The summed E-state index contributed by atoms with van der Waals surface area (Å²) >= 11 is 0. The van der Waals surface area contributed by atoms with E-state index in [4.69, 9.17) is 0 Å². The lowest BCUT2D eigenvalue weighted by molar-refractivity contribution is -0.114. The fraction of sp³-hybridized carbons (Fsp3) is 0.263. The summed E-state index contributed by atoms with van der Waals surface area (Å²) in [6.45, 7) is 5.69. The molecule has 0 spiro atoms. The molecule has 2 heterocycles. The predicted octanol–water partition coefficient (Wildman–Crippen LogP) is 2.79. The van der Waals surface area contributed by atoms with Crippen LogP contribution in [0.2, 0.25) is 0 Å². The molecule has 2 amide bonds. The van der Waals surface area contributed by atoms with Gasteiger partial charge in [0.05, 0.1) is 5.56 Å². The summed E-state index contributed by atoms with van der Waals surface area (Å²) in [6.07, 6.45) is 5.77. The molecular weight excluding hydrogens is 330 g/mol. The molecule has 2 aromatic rings. The molecule has 0 atom stereocenters. The highest BCUT2D eigenvalue weighted by Gasteiger charge is 2.17. The van der Waals surface area contributed by atoms with Gasteiger partial charge in [-0.05, 0) is 30.2 Å². The van der Waals surface area contributed by atoms with Gasteiger partial charge in [-0.2, -0.15) is 0 Å². The molecule has 2 aromatic heterocycles. The van der Waals surface area contributed by atoms with Crippen LogP contribution in [0.25, 0.3) is 11.1 Å². The smallest absolute Gasteiger partial charge is 0.257 e. The van der Waals surface area contributed by atoms with Gasteiger partial charge in [-0.25, -0.2) is 9.97 Å². The normalized spacial score (nSPS) is 10.1.